The minimum Gasteiger partial charge on any atom is -0.496 e. The molecule has 2 aliphatic heterocycles. The van der Waals surface area contributed by atoms with Crippen molar-refractivity contribution >= 4 is 10.9 Å². The zero-order valence-electron chi connectivity index (χ0n) is 17.6. The van der Waals surface area contributed by atoms with Crippen LogP contribution < -0.4 is 14.9 Å². The number of benzene rings is 2. The van der Waals surface area contributed by atoms with Crippen LogP contribution in [0.15, 0.2) is 41.2 Å². The van der Waals surface area contributed by atoms with Gasteiger partial charge in [0.15, 0.2) is 5.75 Å². The lowest BCUT2D eigenvalue weighted by Gasteiger charge is -2.41. The van der Waals surface area contributed by atoms with Crippen molar-refractivity contribution in [1.29, 1.82) is 0 Å². The van der Waals surface area contributed by atoms with E-state index in [1.807, 2.05) is 54.9 Å². The van der Waals surface area contributed by atoms with Crippen LogP contribution in [0.25, 0.3) is 10.9 Å². The highest BCUT2D eigenvalue weighted by Gasteiger charge is 2.53. The second-order valence-corrected chi connectivity index (χ2v) is 8.09. The van der Waals surface area contributed by atoms with Crippen LogP contribution >= 0.6 is 0 Å². The molecule has 2 bridgehead atoms. The Balaban J connectivity index is 1.91. The molecule has 0 saturated carbocycles. The van der Waals surface area contributed by atoms with Gasteiger partial charge in [-0.3, -0.25) is 4.79 Å². The Hall–Kier alpha value is -2.83. The lowest BCUT2D eigenvalue weighted by Crippen LogP contribution is -2.44. The molecule has 6 nitrogen and oxygen atoms in total. The molecule has 3 atom stereocenters. The first-order valence-corrected chi connectivity index (χ1v) is 10.2. The van der Waals surface area contributed by atoms with E-state index in [0.29, 0.717) is 34.4 Å². The molecule has 3 aromatic rings. The first-order chi connectivity index (χ1) is 14.4. The lowest BCUT2D eigenvalue weighted by molar-refractivity contribution is -0.102. The van der Waals surface area contributed by atoms with E-state index >= 15 is 0 Å². The zero-order chi connectivity index (χ0) is 21.2. The second kappa shape index (κ2) is 6.59. The summed E-state index contributed by atoms with van der Waals surface area (Å²) in [7, 11) is 5.02. The maximum absolute atomic E-state index is 13.5. The van der Waals surface area contributed by atoms with Gasteiger partial charge in [-0.25, -0.2) is 0 Å². The number of aliphatic hydroxyl groups is 1. The summed E-state index contributed by atoms with van der Waals surface area (Å²) >= 11 is 0. The number of pyridine rings is 1. The summed E-state index contributed by atoms with van der Waals surface area (Å²) in [5.41, 5.74) is 2.09. The molecule has 0 spiro atoms. The van der Waals surface area contributed by atoms with Crippen LogP contribution in [0.5, 0.6) is 11.5 Å². The van der Waals surface area contributed by atoms with Crippen molar-refractivity contribution in [3.8, 4) is 11.5 Å². The largest absolute Gasteiger partial charge is 0.496 e. The monoisotopic (exact) mass is 407 g/mol. The summed E-state index contributed by atoms with van der Waals surface area (Å²) in [6.07, 6.45) is 0.801. The van der Waals surface area contributed by atoms with Crippen LogP contribution in [0.3, 0.4) is 0 Å². The molecule has 1 fully saturated rings. The fourth-order valence-electron chi connectivity index (χ4n) is 5.25. The van der Waals surface area contributed by atoms with Gasteiger partial charge in [0.1, 0.15) is 11.4 Å². The number of rotatable bonds is 3. The number of nitrogens with zero attached hydrogens (tertiary/aromatic N) is 1. The Morgan fingerprint density at radius 3 is 2.60 bits per heavy atom. The Bertz CT molecular complexity index is 1230. The van der Waals surface area contributed by atoms with Gasteiger partial charge in [-0.15, -0.1) is 0 Å². The van der Waals surface area contributed by atoms with E-state index in [-0.39, 0.29) is 11.5 Å². The topological polar surface area (TPSA) is 69.9 Å². The van der Waals surface area contributed by atoms with Crippen molar-refractivity contribution in [2.75, 3.05) is 14.2 Å². The summed E-state index contributed by atoms with van der Waals surface area (Å²) in [5, 5.41) is 12.7. The van der Waals surface area contributed by atoms with E-state index in [0.717, 1.165) is 23.2 Å². The fraction of sp³-hybridized carbons (Fsp3) is 0.375. The van der Waals surface area contributed by atoms with E-state index in [4.69, 9.17) is 14.2 Å². The second-order valence-electron chi connectivity index (χ2n) is 8.09. The predicted molar refractivity (Wildman–Crippen MR) is 113 cm³/mol. The number of aromatic nitrogens is 1. The summed E-state index contributed by atoms with van der Waals surface area (Å²) in [6.45, 7) is 1.87. The molecule has 0 amide bonds. The summed E-state index contributed by atoms with van der Waals surface area (Å²) in [6, 6.07) is 11.3. The van der Waals surface area contributed by atoms with Crippen LogP contribution in [-0.4, -0.2) is 30.0 Å². The van der Waals surface area contributed by atoms with Gasteiger partial charge in [0.2, 0.25) is 5.43 Å². The normalized spacial score (nSPS) is 24.7. The Morgan fingerprint density at radius 1 is 1.10 bits per heavy atom. The van der Waals surface area contributed by atoms with Gasteiger partial charge < -0.3 is 23.9 Å². The number of methoxy groups -OCH3 is 2. The molecule has 2 aliphatic rings. The third-order valence-corrected chi connectivity index (χ3v) is 6.79. The first-order valence-electron chi connectivity index (χ1n) is 10.2. The predicted octanol–water partition coefficient (Wildman–Crippen LogP) is 3.33. The molecule has 3 heterocycles. The van der Waals surface area contributed by atoms with Gasteiger partial charge in [-0.2, -0.15) is 0 Å². The molecule has 0 aliphatic carbocycles. The molecule has 5 rings (SSSR count). The number of aryl methyl sites for hydroxylation is 1. The molecule has 156 valence electrons. The number of para-hydroxylation sites is 1. The maximum atomic E-state index is 13.5. The van der Waals surface area contributed by atoms with Gasteiger partial charge >= 0.3 is 0 Å². The zero-order valence-corrected chi connectivity index (χ0v) is 17.6. The highest BCUT2D eigenvalue weighted by molar-refractivity contribution is 5.87. The van der Waals surface area contributed by atoms with Crippen LogP contribution in [0.4, 0.5) is 0 Å². The van der Waals surface area contributed by atoms with Crippen molar-refractivity contribution in [2.45, 2.75) is 37.6 Å². The molecule has 0 radical (unpaired) electrons. The van der Waals surface area contributed by atoms with E-state index < -0.39 is 11.7 Å². The third-order valence-electron chi connectivity index (χ3n) is 6.79. The van der Waals surface area contributed by atoms with Crippen LogP contribution in [-0.2, 0) is 17.4 Å². The number of ether oxygens (including phenoxy) is 3. The quantitative estimate of drug-likeness (QED) is 0.721. The molecular weight excluding hydrogens is 382 g/mol. The molecule has 2 aromatic carbocycles. The molecule has 1 saturated heterocycles. The molecule has 1 aromatic heterocycles. The molecule has 30 heavy (non-hydrogen) atoms. The summed E-state index contributed by atoms with van der Waals surface area (Å²) in [4.78, 5) is 13.5. The van der Waals surface area contributed by atoms with Crippen molar-refractivity contribution in [3.05, 3.63) is 69.0 Å². The van der Waals surface area contributed by atoms with Crippen molar-refractivity contribution < 1.29 is 19.3 Å². The van der Waals surface area contributed by atoms with Crippen LogP contribution in [0.1, 0.15) is 41.3 Å². The number of hydrogen-bond acceptors (Lipinski definition) is 5. The molecular formula is C24H25NO5. The standard InChI is InChI=1S/C24H25NO5/c1-13-23(29-4)22(26)21-16(25(13)2)10-9-15-20(21)18-11-12-19(30-18)24(15,27)14-7-5-6-8-17(14)28-3/h5-10,18-19,27H,11-12H2,1-4H3/t18-,19+,24-/m1/s1. The average Bonchev–Trinajstić information content (AvgIpc) is 3.22. The summed E-state index contributed by atoms with van der Waals surface area (Å²) in [5.74, 6) is 0.911. The molecule has 1 N–H and O–H groups in total. The number of fused-ring (bicyclic) bond motifs is 6. The molecule has 6 heteroatoms. The van der Waals surface area contributed by atoms with Crippen molar-refractivity contribution in [1.82, 2.24) is 4.57 Å². The van der Waals surface area contributed by atoms with E-state index in [2.05, 4.69) is 0 Å². The smallest absolute Gasteiger partial charge is 0.231 e. The average molecular weight is 407 g/mol. The van der Waals surface area contributed by atoms with E-state index in [1.54, 1.807) is 7.11 Å². The lowest BCUT2D eigenvalue weighted by atomic mass is 9.77. The minimum atomic E-state index is -1.41. The van der Waals surface area contributed by atoms with Gasteiger partial charge in [0, 0.05) is 18.2 Å². The highest BCUT2D eigenvalue weighted by atomic mass is 16.5. The highest BCUT2D eigenvalue weighted by Crippen LogP contribution is 2.54. The van der Waals surface area contributed by atoms with Crippen molar-refractivity contribution in [3.63, 3.8) is 0 Å². The fourth-order valence-corrected chi connectivity index (χ4v) is 5.25. The maximum Gasteiger partial charge on any atom is 0.231 e. The van der Waals surface area contributed by atoms with Gasteiger partial charge in [0.25, 0.3) is 0 Å². The SMILES string of the molecule is COc1ccccc1[C@@]1(O)c2ccc3c(c2[C@H]2CC[C@@H]1O2)c(=O)c(OC)c(C)n3C. The summed E-state index contributed by atoms with van der Waals surface area (Å²) < 4.78 is 19.3. The first kappa shape index (κ1) is 19.2. The van der Waals surface area contributed by atoms with E-state index in [9.17, 15) is 9.90 Å². The van der Waals surface area contributed by atoms with Gasteiger partial charge in [0.05, 0.1) is 43.0 Å². The van der Waals surface area contributed by atoms with Crippen LogP contribution in [0, 0.1) is 6.92 Å². The van der Waals surface area contributed by atoms with Crippen molar-refractivity contribution in [2.24, 2.45) is 7.05 Å². The van der Waals surface area contributed by atoms with Crippen LogP contribution in [0.2, 0.25) is 0 Å². The Morgan fingerprint density at radius 2 is 1.87 bits per heavy atom. The minimum absolute atomic E-state index is 0.170. The van der Waals surface area contributed by atoms with E-state index in [1.165, 1.54) is 7.11 Å². The Kier molecular flexibility index (Phi) is 4.21. The third kappa shape index (κ3) is 2.29. The van der Waals surface area contributed by atoms with Gasteiger partial charge in [-0.05, 0) is 37.5 Å². The Labute approximate surface area is 174 Å². The number of hydrogen-bond donors (Lipinski definition) is 1. The van der Waals surface area contributed by atoms with Gasteiger partial charge in [-0.1, -0.05) is 24.3 Å². The molecule has 0 unspecified atom stereocenters.